The van der Waals surface area contributed by atoms with Crippen LogP contribution < -0.4 is 10.5 Å². The van der Waals surface area contributed by atoms with E-state index in [0.29, 0.717) is 18.2 Å². The maximum atomic E-state index is 6.24. The molecule has 1 atom stereocenters. The van der Waals surface area contributed by atoms with E-state index in [1.54, 1.807) is 11.3 Å². The van der Waals surface area contributed by atoms with Gasteiger partial charge in [0, 0.05) is 22.2 Å². The molecule has 2 N–H and O–H groups in total. The zero-order valence-electron chi connectivity index (χ0n) is 11.2. The Morgan fingerprint density at radius 3 is 2.63 bits per heavy atom. The van der Waals surface area contributed by atoms with E-state index in [9.17, 15) is 0 Å². The molecule has 1 aromatic heterocycles. The van der Waals surface area contributed by atoms with Gasteiger partial charge in [0.1, 0.15) is 5.75 Å². The number of benzene rings is 1. The van der Waals surface area contributed by atoms with Crippen molar-refractivity contribution in [1.29, 1.82) is 0 Å². The number of hydrogen-bond donors (Lipinski definition) is 1. The van der Waals surface area contributed by atoms with Crippen molar-refractivity contribution < 1.29 is 4.74 Å². The van der Waals surface area contributed by atoms with Crippen LogP contribution in [0.5, 0.6) is 5.75 Å². The summed E-state index contributed by atoms with van der Waals surface area (Å²) in [5.41, 5.74) is 7.06. The first-order valence-corrected chi connectivity index (χ1v) is 7.53. The average molecular weight is 296 g/mol. The Morgan fingerprint density at radius 2 is 2.11 bits per heavy atom. The van der Waals surface area contributed by atoms with Gasteiger partial charge in [-0.2, -0.15) is 0 Å². The minimum Gasteiger partial charge on any atom is -0.492 e. The number of thiophene rings is 1. The third-order valence-corrected chi connectivity index (χ3v) is 4.41. The van der Waals surface area contributed by atoms with Crippen LogP contribution in [0.3, 0.4) is 0 Å². The second-order valence-corrected chi connectivity index (χ2v) is 6.09. The first kappa shape index (κ1) is 14.4. The van der Waals surface area contributed by atoms with Gasteiger partial charge in [-0.15, -0.1) is 11.3 Å². The number of aryl methyl sites for hydroxylation is 1. The summed E-state index contributed by atoms with van der Waals surface area (Å²) in [6, 6.07) is 10.2. The maximum Gasteiger partial charge on any atom is 0.137 e. The molecule has 0 bridgehead atoms. The predicted molar refractivity (Wildman–Crippen MR) is 82.6 cm³/mol. The summed E-state index contributed by atoms with van der Waals surface area (Å²) < 4.78 is 5.45. The van der Waals surface area contributed by atoms with Crippen LogP contribution in [0.4, 0.5) is 0 Å². The predicted octanol–water partition coefficient (Wildman–Crippen LogP) is 4.20. The molecule has 0 amide bonds. The quantitative estimate of drug-likeness (QED) is 0.897. The Kier molecular flexibility index (Phi) is 4.86. The second-order valence-electron chi connectivity index (χ2n) is 4.36. The van der Waals surface area contributed by atoms with E-state index in [1.807, 2.05) is 25.1 Å². The van der Waals surface area contributed by atoms with Gasteiger partial charge in [-0.25, -0.2) is 0 Å². The number of halogens is 1. The van der Waals surface area contributed by atoms with E-state index in [2.05, 4.69) is 19.1 Å². The molecule has 0 aliphatic carbocycles. The van der Waals surface area contributed by atoms with Crippen LogP contribution in [0.25, 0.3) is 0 Å². The Bertz CT molecular complexity index is 553. The Hall–Kier alpha value is -1.03. The molecule has 2 aromatic rings. The molecule has 2 nitrogen and oxygen atoms in total. The monoisotopic (exact) mass is 295 g/mol. The highest BCUT2D eigenvalue weighted by Gasteiger charge is 2.15. The standard InChI is InChI=1S/C15H18ClNOS/c1-3-18-14-6-5-11(8-13(14)16)12(9-17)15-7-4-10(2)19-15/h4-8,12H,3,9,17H2,1-2H3. The lowest BCUT2D eigenvalue weighted by molar-refractivity contribution is 0.340. The molecule has 0 aliphatic rings. The first-order valence-electron chi connectivity index (χ1n) is 6.34. The highest BCUT2D eigenvalue weighted by atomic mass is 35.5. The molecule has 0 saturated heterocycles. The highest BCUT2D eigenvalue weighted by molar-refractivity contribution is 7.12. The van der Waals surface area contributed by atoms with Crippen LogP contribution >= 0.6 is 22.9 Å². The lowest BCUT2D eigenvalue weighted by Gasteiger charge is -2.15. The molecule has 19 heavy (non-hydrogen) atoms. The summed E-state index contributed by atoms with van der Waals surface area (Å²) >= 11 is 8.02. The van der Waals surface area contributed by atoms with Crippen LogP contribution in [0, 0.1) is 6.92 Å². The van der Waals surface area contributed by atoms with E-state index in [0.717, 1.165) is 11.3 Å². The molecule has 1 aromatic carbocycles. The molecule has 0 radical (unpaired) electrons. The number of nitrogens with two attached hydrogens (primary N) is 1. The summed E-state index contributed by atoms with van der Waals surface area (Å²) in [7, 11) is 0. The van der Waals surface area contributed by atoms with Crippen molar-refractivity contribution in [3.8, 4) is 5.75 Å². The molecule has 102 valence electrons. The molecular formula is C15H18ClNOS. The van der Waals surface area contributed by atoms with Crippen LogP contribution in [0.1, 0.15) is 28.2 Å². The minimum absolute atomic E-state index is 0.201. The molecule has 1 unspecified atom stereocenters. The van der Waals surface area contributed by atoms with Crippen molar-refractivity contribution in [1.82, 2.24) is 0 Å². The number of ether oxygens (including phenoxy) is 1. The Balaban J connectivity index is 2.31. The molecular weight excluding hydrogens is 278 g/mol. The van der Waals surface area contributed by atoms with Gasteiger partial charge in [0.25, 0.3) is 0 Å². The van der Waals surface area contributed by atoms with Gasteiger partial charge in [0.05, 0.1) is 11.6 Å². The fraction of sp³-hybridized carbons (Fsp3) is 0.333. The first-order chi connectivity index (χ1) is 9.15. The SMILES string of the molecule is CCOc1ccc(C(CN)c2ccc(C)s2)cc1Cl. The fourth-order valence-electron chi connectivity index (χ4n) is 2.06. The summed E-state index contributed by atoms with van der Waals surface area (Å²) in [5.74, 6) is 0.929. The normalized spacial score (nSPS) is 12.4. The van der Waals surface area contributed by atoms with E-state index >= 15 is 0 Å². The van der Waals surface area contributed by atoms with Crippen molar-refractivity contribution in [2.45, 2.75) is 19.8 Å². The zero-order valence-corrected chi connectivity index (χ0v) is 12.7. The smallest absolute Gasteiger partial charge is 0.137 e. The van der Waals surface area contributed by atoms with Gasteiger partial charge in [0.2, 0.25) is 0 Å². The second kappa shape index (κ2) is 6.42. The van der Waals surface area contributed by atoms with Gasteiger partial charge >= 0.3 is 0 Å². The number of rotatable bonds is 5. The molecule has 0 fully saturated rings. The molecule has 0 aliphatic heterocycles. The zero-order chi connectivity index (χ0) is 13.8. The summed E-state index contributed by atoms with van der Waals surface area (Å²) in [4.78, 5) is 2.57. The summed E-state index contributed by atoms with van der Waals surface area (Å²) in [5, 5.41) is 0.645. The van der Waals surface area contributed by atoms with Crippen molar-refractivity contribution in [2.75, 3.05) is 13.2 Å². The lowest BCUT2D eigenvalue weighted by atomic mass is 9.97. The Labute approximate surface area is 123 Å². The van der Waals surface area contributed by atoms with E-state index in [1.165, 1.54) is 9.75 Å². The molecule has 4 heteroatoms. The van der Waals surface area contributed by atoms with Gasteiger partial charge < -0.3 is 10.5 Å². The number of hydrogen-bond acceptors (Lipinski definition) is 3. The van der Waals surface area contributed by atoms with E-state index in [-0.39, 0.29) is 5.92 Å². The van der Waals surface area contributed by atoms with Gasteiger partial charge in [-0.05, 0) is 43.7 Å². The van der Waals surface area contributed by atoms with Gasteiger partial charge in [0.15, 0.2) is 0 Å². The minimum atomic E-state index is 0.201. The van der Waals surface area contributed by atoms with Crippen LogP contribution in [-0.4, -0.2) is 13.2 Å². The van der Waals surface area contributed by atoms with Gasteiger partial charge in [-0.3, -0.25) is 0 Å². The topological polar surface area (TPSA) is 35.2 Å². The van der Waals surface area contributed by atoms with Crippen LogP contribution in [0.15, 0.2) is 30.3 Å². The lowest BCUT2D eigenvalue weighted by Crippen LogP contribution is -2.12. The molecule has 0 saturated carbocycles. The third kappa shape index (κ3) is 3.30. The van der Waals surface area contributed by atoms with Crippen molar-refractivity contribution in [3.63, 3.8) is 0 Å². The summed E-state index contributed by atoms with van der Waals surface area (Å²) in [6.45, 7) is 5.24. The highest BCUT2D eigenvalue weighted by Crippen LogP contribution is 2.33. The van der Waals surface area contributed by atoms with E-state index < -0.39 is 0 Å². The largest absolute Gasteiger partial charge is 0.492 e. The van der Waals surface area contributed by atoms with Crippen molar-refractivity contribution in [2.24, 2.45) is 5.73 Å². The maximum absolute atomic E-state index is 6.24. The van der Waals surface area contributed by atoms with Crippen LogP contribution in [-0.2, 0) is 0 Å². The average Bonchev–Trinajstić information content (AvgIpc) is 2.80. The van der Waals surface area contributed by atoms with Gasteiger partial charge in [-0.1, -0.05) is 17.7 Å². The third-order valence-electron chi connectivity index (χ3n) is 3.00. The molecule has 1 heterocycles. The van der Waals surface area contributed by atoms with Crippen molar-refractivity contribution in [3.05, 3.63) is 50.7 Å². The molecule has 2 rings (SSSR count). The molecule has 0 spiro atoms. The Morgan fingerprint density at radius 1 is 1.32 bits per heavy atom. The van der Waals surface area contributed by atoms with Crippen molar-refractivity contribution >= 4 is 22.9 Å². The van der Waals surface area contributed by atoms with E-state index in [4.69, 9.17) is 22.1 Å². The van der Waals surface area contributed by atoms with Crippen LogP contribution in [0.2, 0.25) is 5.02 Å². The summed E-state index contributed by atoms with van der Waals surface area (Å²) in [6.07, 6.45) is 0. The fourth-order valence-corrected chi connectivity index (χ4v) is 3.33.